The Balaban J connectivity index is 1.39. The van der Waals surface area contributed by atoms with Crippen LogP contribution in [0.15, 0.2) is 85.1 Å². The number of carbonyl (C=O) groups is 1. The number of allylic oxidation sites excluding steroid dienone is 13. The molecule has 0 aromatic rings. The topological polar surface area (TPSA) is 307 Å². The van der Waals surface area contributed by atoms with E-state index in [1.165, 1.54) is 6.08 Å². The summed E-state index contributed by atoms with van der Waals surface area (Å²) >= 11 is 0. The van der Waals surface area contributed by atoms with Crippen molar-refractivity contribution in [2.24, 2.45) is 0 Å². The number of hydrogen-bond acceptors (Lipinski definition) is 18. The van der Waals surface area contributed by atoms with E-state index < -0.39 is 124 Å². The molecule has 0 aliphatic carbocycles. The van der Waals surface area contributed by atoms with Gasteiger partial charge in [0.25, 0.3) is 0 Å². The maximum Gasteiger partial charge on any atom is 0.220 e. The van der Waals surface area contributed by atoms with Crippen LogP contribution in [0.1, 0.15) is 117 Å². The highest BCUT2D eigenvalue weighted by molar-refractivity contribution is 5.76. The largest absolute Gasteiger partial charge is 0.394 e. The Morgan fingerprint density at radius 1 is 0.507 bits per heavy atom. The second-order valence-corrected chi connectivity index (χ2v) is 18.6. The van der Waals surface area contributed by atoms with Crippen molar-refractivity contribution in [3.63, 3.8) is 0 Å². The zero-order chi connectivity index (χ0) is 53.4. The summed E-state index contributed by atoms with van der Waals surface area (Å²) in [4.78, 5) is 13.1. The van der Waals surface area contributed by atoms with E-state index in [1.54, 1.807) is 6.08 Å². The summed E-state index contributed by atoms with van der Waals surface area (Å²) in [6.07, 6.45) is 17.1. The molecular weight excluding hydrogens is 951 g/mol. The van der Waals surface area contributed by atoms with Gasteiger partial charge in [-0.05, 0) is 64.2 Å². The molecule has 0 bridgehead atoms. The van der Waals surface area contributed by atoms with E-state index in [0.29, 0.717) is 12.8 Å². The Hall–Kier alpha value is -3.03. The van der Waals surface area contributed by atoms with Crippen molar-refractivity contribution in [3.8, 4) is 0 Å². The molecule has 0 aromatic carbocycles. The lowest BCUT2D eigenvalue weighted by atomic mass is 9.96. The molecule has 418 valence electrons. The predicted octanol–water partition coefficient (Wildman–Crippen LogP) is 2.47. The average Bonchev–Trinajstić information content (AvgIpc) is 3.38. The number of hydrogen-bond donors (Lipinski definition) is 12. The third-order valence-corrected chi connectivity index (χ3v) is 12.7. The van der Waals surface area contributed by atoms with Crippen LogP contribution in [0.25, 0.3) is 0 Å². The molecule has 12 N–H and O–H groups in total. The molecule has 3 fully saturated rings. The number of carbonyl (C=O) groups excluding carboxylic acids is 1. The van der Waals surface area contributed by atoms with Gasteiger partial charge in [-0.1, -0.05) is 131 Å². The van der Waals surface area contributed by atoms with Crippen LogP contribution in [0, 0.1) is 0 Å². The average molecular weight is 1040 g/mol. The van der Waals surface area contributed by atoms with E-state index in [-0.39, 0.29) is 18.9 Å². The van der Waals surface area contributed by atoms with Crippen LogP contribution in [0.5, 0.6) is 0 Å². The number of unbranched alkanes of at least 4 members (excludes halogenated alkanes) is 7. The molecule has 17 unspecified atom stereocenters. The van der Waals surface area contributed by atoms with Gasteiger partial charge in [-0.2, -0.15) is 0 Å². The minimum absolute atomic E-state index is 0.217. The fourth-order valence-corrected chi connectivity index (χ4v) is 8.32. The maximum absolute atomic E-state index is 13.1. The van der Waals surface area contributed by atoms with Crippen LogP contribution in [0.2, 0.25) is 0 Å². The van der Waals surface area contributed by atoms with Crippen molar-refractivity contribution < 1.29 is 89.4 Å². The quantitative estimate of drug-likeness (QED) is 0.0321. The molecule has 0 aromatic heterocycles. The first kappa shape index (κ1) is 64.3. The van der Waals surface area contributed by atoms with Crippen molar-refractivity contribution in [1.82, 2.24) is 5.32 Å². The maximum atomic E-state index is 13.1. The molecule has 1 amide bonds. The SMILES string of the molecule is CC/C=C\C/C=C\C/C=C\C/C=C\C/C=C\C/C=C\CCCCCCCCC(=O)NC(COC1OC(CO)C(OC2OC(CO)C(OC3OC(CO)C(O)C(O)C3O)C(O)C2O)C(O)C1O)C(O)/C=C/CCC. The van der Waals surface area contributed by atoms with Crippen molar-refractivity contribution >= 4 is 5.91 Å². The van der Waals surface area contributed by atoms with Gasteiger partial charge in [0.2, 0.25) is 5.91 Å². The molecule has 0 radical (unpaired) electrons. The molecule has 3 heterocycles. The number of aliphatic hydroxyl groups excluding tert-OH is 11. The zero-order valence-electron chi connectivity index (χ0n) is 42.8. The summed E-state index contributed by atoms with van der Waals surface area (Å²) in [5.74, 6) is -0.309. The Kier molecular flexibility index (Phi) is 33.2. The summed E-state index contributed by atoms with van der Waals surface area (Å²) in [6, 6.07) is -0.982. The second kappa shape index (κ2) is 37.7. The first-order valence-corrected chi connectivity index (χ1v) is 26.3. The summed E-state index contributed by atoms with van der Waals surface area (Å²) in [5, 5.41) is 119. The highest BCUT2D eigenvalue weighted by Gasteiger charge is 2.53. The predicted molar refractivity (Wildman–Crippen MR) is 272 cm³/mol. The Bertz CT molecular complexity index is 1670. The van der Waals surface area contributed by atoms with E-state index in [0.717, 1.165) is 83.5 Å². The molecule has 3 aliphatic rings. The molecule has 3 saturated heterocycles. The van der Waals surface area contributed by atoms with Crippen LogP contribution in [0.3, 0.4) is 0 Å². The highest BCUT2D eigenvalue weighted by Crippen LogP contribution is 2.33. The van der Waals surface area contributed by atoms with Crippen LogP contribution >= 0.6 is 0 Å². The van der Waals surface area contributed by atoms with Gasteiger partial charge in [-0.25, -0.2) is 0 Å². The van der Waals surface area contributed by atoms with Crippen LogP contribution in [-0.4, -0.2) is 193 Å². The Morgan fingerprint density at radius 3 is 1.45 bits per heavy atom. The zero-order valence-corrected chi connectivity index (χ0v) is 42.8. The summed E-state index contributed by atoms with van der Waals surface area (Å²) in [6.45, 7) is 1.30. The number of aliphatic hydroxyl groups is 11. The molecule has 19 heteroatoms. The molecule has 3 aliphatic heterocycles. The Morgan fingerprint density at radius 2 is 0.945 bits per heavy atom. The molecule has 73 heavy (non-hydrogen) atoms. The van der Waals surface area contributed by atoms with Gasteiger partial charge in [0.1, 0.15) is 73.2 Å². The van der Waals surface area contributed by atoms with E-state index in [9.17, 15) is 61.0 Å². The van der Waals surface area contributed by atoms with E-state index >= 15 is 0 Å². The van der Waals surface area contributed by atoms with Gasteiger partial charge >= 0.3 is 0 Å². The van der Waals surface area contributed by atoms with Gasteiger partial charge in [0, 0.05) is 6.42 Å². The molecular formula is C54H89NO18. The van der Waals surface area contributed by atoms with E-state index in [2.05, 4.69) is 85.2 Å². The molecule has 0 saturated carbocycles. The smallest absolute Gasteiger partial charge is 0.220 e. The monoisotopic (exact) mass is 1040 g/mol. The van der Waals surface area contributed by atoms with Crippen molar-refractivity contribution in [2.75, 3.05) is 26.4 Å². The number of rotatable bonds is 35. The minimum atomic E-state index is -1.98. The van der Waals surface area contributed by atoms with Crippen LogP contribution < -0.4 is 5.32 Å². The fraction of sp³-hybridized carbons (Fsp3) is 0.722. The number of nitrogens with one attached hydrogen (secondary N) is 1. The van der Waals surface area contributed by atoms with Gasteiger partial charge in [0.05, 0.1) is 38.6 Å². The van der Waals surface area contributed by atoms with Crippen LogP contribution in [0.4, 0.5) is 0 Å². The van der Waals surface area contributed by atoms with Crippen LogP contribution in [-0.2, 0) is 33.2 Å². The summed E-state index contributed by atoms with van der Waals surface area (Å²) in [7, 11) is 0. The second-order valence-electron chi connectivity index (χ2n) is 18.6. The minimum Gasteiger partial charge on any atom is -0.394 e. The Labute approximate surface area is 431 Å². The van der Waals surface area contributed by atoms with Gasteiger partial charge in [-0.15, -0.1) is 0 Å². The van der Waals surface area contributed by atoms with Crippen molar-refractivity contribution in [3.05, 3.63) is 85.1 Å². The summed E-state index contributed by atoms with van der Waals surface area (Å²) in [5.41, 5.74) is 0. The van der Waals surface area contributed by atoms with E-state index in [1.807, 2.05) is 6.92 Å². The lowest BCUT2D eigenvalue weighted by Gasteiger charge is -2.48. The molecule has 17 atom stereocenters. The molecule has 0 spiro atoms. The first-order chi connectivity index (χ1) is 35.3. The lowest BCUT2D eigenvalue weighted by Crippen LogP contribution is -2.66. The number of amides is 1. The van der Waals surface area contributed by atoms with Crippen molar-refractivity contribution in [2.45, 2.75) is 221 Å². The first-order valence-electron chi connectivity index (χ1n) is 26.3. The van der Waals surface area contributed by atoms with Gasteiger partial charge in [-0.3, -0.25) is 4.79 Å². The lowest BCUT2D eigenvalue weighted by molar-refractivity contribution is -0.379. The van der Waals surface area contributed by atoms with E-state index in [4.69, 9.17) is 28.4 Å². The van der Waals surface area contributed by atoms with Gasteiger partial charge < -0.3 is 89.9 Å². The number of ether oxygens (including phenoxy) is 6. The molecule has 3 rings (SSSR count). The standard InChI is InChI=1S/C54H89NO18/c1-3-5-7-8-9-10-11-12-13-14-15-16-17-18-19-20-21-22-23-24-25-26-27-28-30-32-42(60)55-37(38(59)31-29-6-4-2)36-68-52-48(66)45(63)50(40(34-57)70-52)73-54-49(67)46(64)51(41(35-58)71-54)72-53-47(65)44(62)43(61)39(33-56)69-53/h5,7,9-10,12-13,15-16,18-19,21-22,29,31,37-41,43-54,56-59,61-67H,3-4,6,8,11,14,17,20,23-28,30,32-36H2,1-2H3,(H,55,60)/b7-5-,10-9-,13-12-,16-15-,19-18-,22-21-,31-29+. The fourth-order valence-electron chi connectivity index (χ4n) is 8.32. The normalized spacial score (nSPS) is 32.4. The third-order valence-electron chi connectivity index (χ3n) is 12.7. The van der Waals surface area contributed by atoms with Crippen molar-refractivity contribution in [1.29, 1.82) is 0 Å². The third kappa shape index (κ3) is 23.0. The highest BCUT2D eigenvalue weighted by atomic mass is 16.8. The van der Waals surface area contributed by atoms with Gasteiger partial charge in [0.15, 0.2) is 18.9 Å². The molecule has 19 nitrogen and oxygen atoms in total. The summed E-state index contributed by atoms with van der Waals surface area (Å²) < 4.78 is 33.9.